The van der Waals surface area contributed by atoms with Gasteiger partial charge < -0.3 is 15.3 Å². The van der Waals surface area contributed by atoms with Crippen LogP contribution in [0, 0.1) is 0 Å². The van der Waals surface area contributed by atoms with Gasteiger partial charge in [-0.25, -0.2) is 9.78 Å². The van der Waals surface area contributed by atoms with Crippen molar-refractivity contribution in [2.75, 3.05) is 19.6 Å². The molecule has 0 amide bonds. The lowest BCUT2D eigenvalue weighted by Gasteiger charge is -2.31. The van der Waals surface area contributed by atoms with Gasteiger partial charge in [0.25, 0.3) is 0 Å². The molecule has 5 nitrogen and oxygen atoms in total. The summed E-state index contributed by atoms with van der Waals surface area (Å²) in [6, 6.07) is 6.18. The third-order valence-corrected chi connectivity index (χ3v) is 5.29. The Bertz CT molecular complexity index is 662. The number of hydrogen-bond acceptors (Lipinski definition) is 5. The molecule has 6 heteroatoms. The largest absolute Gasteiger partial charge is 0.477 e. The molecule has 1 aliphatic heterocycles. The first-order chi connectivity index (χ1) is 10.7. The van der Waals surface area contributed by atoms with Crippen molar-refractivity contribution in [1.29, 1.82) is 0 Å². The van der Waals surface area contributed by atoms with Gasteiger partial charge in [-0.1, -0.05) is 13.0 Å². The van der Waals surface area contributed by atoms with Crippen molar-refractivity contribution in [3.8, 4) is 0 Å². The number of hydrogen-bond donors (Lipinski definition) is 2. The molecule has 0 atom stereocenters. The number of rotatable bonds is 5. The minimum absolute atomic E-state index is 0.347. The Morgan fingerprint density at radius 1 is 1.45 bits per heavy atom. The van der Waals surface area contributed by atoms with Crippen LogP contribution in [0.3, 0.4) is 0 Å². The van der Waals surface area contributed by atoms with Crippen LogP contribution >= 0.6 is 11.3 Å². The van der Waals surface area contributed by atoms with E-state index >= 15 is 0 Å². The Balaban J connectivity index is 1.61. The van der Waals surface area contributed by atoms with E-state index in [2.05, 4.69) is 22.1 Å². The summed E-state index contributed by atoms with van der Waals surface area (Å²) in [4.78, 5) is 19.2. The van der Waals surface area contributed by atoms with Gasteiger partial charge in [-0.2, -0.15) is 0 Å². The molecule has 0 unspecified atom stereocenters. The van der Waals surface area contributed by atoms with Gasteiger partial charge in [-0.15, -0.1) is 11.3 Å². The predicted octanol–water partition coefficient (Wildman–Crippen LogP) is 2.57. The van der Waals surface area contributed by atoms with Gasteiger partial charge in [0.05, 0.1) is 5.69 Å². The van der Waals surface area contributed by atoms with E-state index in [9.17, 15) is 4.79 Å². The van der Waals surface area contributed by atoms with Crippen LogP contribution in [0.15, 0.2) is 18.2 Å². The molecule has 0 saturated carbocycles. The molecule has 1 saturated heterocycles. The lowest BCUT2D eigenvalue weighted by atomic mass is 10.1. The molecule has 0 radical (unpaired) electrons. The fraction of sp³-hybridized carbons (Fsp3) is 0.500. The smallest absolute Gasteiger partial charge is 0.345 e. The number of carbonyl (C=O) groups is 1. The van der Waals surface area contributed by atoms with Crippen LogP contribution in [-0.2, 0) is 6.54 Å². The highest BCUT2D eigenvalue weighted by molar-refractivity contribution is 7.20. The first-order valence-electron chi connectivity index (χ1n) is 7.74. The summed E-state index contributed by atoms with van der Waals surface area (Å²) in [6.45, 7) is 6.41. The molecular weight excluding hydrogens is 298 g/mol. The number of pyridine rings is 1. The summed E-state index contributed by atoms with van der Waals surface area (Å²) in [6.07, 6.45) is 2.36. The second-order valence-electron chi connectivity index (χ2n) is 5.70. The molecule has 22 heavy (non-hydrogen) atoms. The number of aromatic carboxylic acids is 1. The molecule has 0 aromatic carbocycles. The number of carboxylic acids is 1. The second kappa shape index (κ2) is 6.73. The summed E-state index contributed by atoms with van der Waals surface area (Å²) >= 11 is 1.24. The maximum absolute atomic E-state index is 11.0. The standard InChI is InChI=1S/C16H21N3O2S/c1-2-19-7-5-12(6-8-19)17-10-13-4-3-11-9-14(16(20)21)22-15(11)18-13/h3-4,9,12,17H,2,5-8,10H2,1H3,(H,20,21). The molecule has 2 aromatic rings. The summed E-state index contributed by atoms with van der Waals surface area (Å²) in [5, 5.41) is 13.5. The lowest BCUT2D eigenvalue weighted by Crippen LogP contribution is -2.42. The van der Waals surface area contributed by atoms with Crippen molar-refractivity contribution < 1.29 is 9.90 Å². The molecule has 118 valence electrons. The van der Waals surface area contributed by atoms with E-state index in [0.29, 0.717) is 10.9 Å². The summed E-state index contributed by atoms with van der Waals surface area (Å²) in [7, 11) is 0. The minimum atomic E-state index is -0.884. The zero-order valence-electron chi connectivity index (χ0n) is 12.7. The molecule has 0 aliphatic carbocycles. The van der Waals surface area contributed by atoms with Crippen LogP contribution in [-0.4, -0.2) is 46.6 Å². The van der Waals surface area contributed by atoms with Gasteiger partial charge in [0.15, 0.2) is 0 Å². The van der Waals surface area contributed by atoms with E-state index in [1.165, 1.54) is 24.2 Å². The number of thiophene rings is 1. The Kier molecular flexibility index (Phi) is 4.71. The predicted molar refractivity (Wildman–Crippen MR) is 88.6 cm³/mol. The third-order valence-electron chi connectivity index (χ3n) is 4.26. The summed E-state index contributed by atoms with van der Waals surface area (Å²) < 4.78 is 0. The Morgan fingerprint density at radius 3 is 2.91 bits per heavy atom. The Labute approximate surface area is 134 Å². The van der Waals surface area contributed by atoms with Gasteiger partial charge in [0.2, 0.25) is 0 Å². The first-order valence-corrected chi connectivity index (χ1v) is 8.56. The monoisotopic (exact) mass is 319 g/mol. The van der Waals surface area contributed by atoms with E-state index in [0.717, 1.165) is 42.1 Å². The number of fused-ring (bicyclic) bond motifs is 1. The van der Waals surface area contributed by atoms with E-state index in [4.69, 9.17) is 5.11 Å². The summed E-state index contributed by atoms with van der Waals surface area (Å²) in [5.74, 6) is -0.884. The van der Waals surface area contributed by atoms with Crippen molar-refractivity contribution in [2.45, 2.75) is 32.4 Å². The van der Waals surface area contributed by atoms with E-state index in [1.54, 1.807) is 6.07 Å². The number of nitrogens with zero attached hydrogens (tertiary/aromatic N) is 2. The summed E-state index contributed by atoms with van der Waals surface area (Å²) in [5.41, 5.74) is 0.976. The van der Waals surface area contributed by atoms with E-state index in [-0.39, 0.29) is 0 Å². The third kappa shape index (κ3) is 3.45. The molecule has 3 heterocycles. The Morgan fingerprint density at radius 2 is 2.23 bits per heavy atom. The fourth-order valence-corrected chi connectivity index (χ4v) is 3.75. The molecule has 0 bridgehead atoms. The van der Waals surface area contributed by atoms with Crippen LogP contribution in [0.4, 0.5) is 0 Å². The minimum Gasteiger partial charge on any atom is -0.477 e. The SMILES string of the molecule is CCN1CCC(NCc2ccc3cc(C(=O)O)sc3n2)CC1. The zero-order chi connectivity index (χ0) is 15.5. The van der Waals surface area contributed by atoms with Gasteiger partial charge in [-0.3, -0.25) is 0 Å². The van der Waals surface area contributed by atoms with E-state index < -0.39 is 5.97 Å². The van der Waals surface area contributed by atoms with Gasteiger partial charge in [-0.05, 0) is 44.6 Å². The molecular formula is C16H21N3O2S. The van der Waals surface area contributed by atoms with Crippen LogP contribution < -0.4 is 5.32 Å². The zero-order valence-corrected chi connectivity index (χ0v) is 13.5. The highest BCUT2D eigenvalue weighted by Crippen LogP contribution is 2.24. The first kappa shape index (κ1) is 15.4. The number of aromatic nitrogens is 1. The van der Waals surface area contributed by atoms with Crippen molar-refractivity contribution in [1.82, 2.24) is 15.2 Å². The second-order valence-corrected chi connectivity index (χ2v) is 6.73. The van der Waals surface area contributed by atoms with Crippen molar-refractivity contribution >= 4 is 27.5 Å². The molecule has 2 aromatic heterocycles. The van der Waals surface area contributed by atoms with Crippen LogP contribution in [0.5, 0.6) is 0 Å². The molecule has 3 rings (SSSR count). The highest BCUT2D eigenvalue weighted by Gasteiger charge is 2.17. The van der Waals surface area contributed by atoms with Crippen molar-refractivity contribution in [2.24, 2.45) is 0 Å². The number of likely N-dealkylation sites (tertiary alicyclic amines) is 1. The Hall–Kier alpha value is -1.50. The lowest BCUT2D eigenvalue weighted by molar-refractivity contribution is 0.0702. The van der Waals surface area contributed by atoms with Crippen LogP contribution in [0.25, 0.3) is 10.2 Å². The van der Waals surface area contributed by atoms with Gasteiger partial charge in [0, 0.05) is 18.0 Å². The fourth-order valence-electron chi connectivity index (χ4n) is 2.86. The number of nitrogens with one attached hydrogen (secondary N) is 1. The normalized spacial score (nSPS) is 17.1. The molecule has 0 spiro atoms. The average Bonchev–Trinajstić information content (AvgIpc) is 2.97. The topological polar surface area (TPSA) is 65.5 Å². The van der Waals surface area contributed by atoms with Crippen molar-refractivity contribution in [3.63, 3.8) is 0 Å². The number of piperidine rings is 1. The number of carboxylic acid groups (broad SMARTS) is 1. The van der Waals surface area contributed by atoms with Gasteiger partial charge >= 0.3 is 5.97 Å². The quantitative estimate of drug-likeness (QED) is 0.887. The molecule has 1 fully saturated rings. The van der Waals surface area contributed by atoms with Crippen molar-refractivity contribution in [3.05, 3.63) is 28.8 Å². The van der Waals surface area contributed by atoms with Crippen LogP contribution in [0.1, 0.15) is 35.1 Å². The van der Waals surface area contributed by atoms with E-state index in [1.807, 2.05) is 12.1 Å². The molecule has 1 aliphatic rings. The molecule has 2 N–H and O–H groups in total. The van der Waals surface area contributed by atoms with Gasteiger partial charge in [0.1, 0.15) is 9.71 Å². The maximum Gasteiger partial charge on any atom is 0.345 e. The van der Waals surface area contributed by atoms with Crippen LogP contribution in [0.2, 0.25) is 0 Å². The maximum atomic E-state index is 11.0. The average molecular weight is 319 g/mol. The highest BCUT2D eigenvalue weighted by atomic mass is 32.1.